The predicted molar refractivity (Wildman–Crippen MR) is 108 cm³/mol. The molecule has 2 aromatic rings. The molecule has 5 nitrogen and oxygen atoms in total. The van der Waals surface area contributed by atoms with Gasteiger partial charge in [-0.3, -0.25) is 15.0 Å². The van der Waals surface area contributed by atoms with E-state index in [9.17, 15) is 10.1 Å². The molecule has 1 aliphatic rings. The molecule has 0 saturated carbocycles. The molecule has 2 N–H and O–H groups in total. The number of rotatable bonds is 5. The number of nitrogens with two attached hydrogens (primary N) is 1. The monoisotopic (exact) mass is 363 g/mol. The van der Waals surface area contributed by atoms with Crippen molar-refractivity contribution in [2.75, 3.05) is 25.4 Å². The molecule has 2 aromatic carbocycles. The molecule has 0 radical (unpaired) electrons. The van der Waals surface area contributed by atoms with Gasteiger partial charge >= 0.3 is 0 Å². The maximum atomic E-state index is 10.9. The zero-order chi connectivity index (χ0) is 19.1. The van der Waals surface area contributed by atoms with Gasteiger partial charge in [0.05, 0.1) is 11.5 Å². The zero-order valence-corrected chi connectivity index (χ0v) is 15.4. The first-order valence-corrected chi connectivity index (χ1v) is 9.36. The standard InChI is InChI=1S/C22H25N3O2/c23-21-10-9-19(17-22(21)25(26)27)8-4-5-13-24-14-11-20(12-15-24)16-18-6-2-1-3-7-18/h1-3,6-7,9-10,17,20H,8,11-16,23H2. The summed E-state index contributed by atoms with van der Waals surface area (Å²) in [5.74, 6) is 7.09. The zero-order valence-electron chi connectivity index (χ0n) is 15.4. The Hall–Kier alpha value is -2.84. The van der Waals surface area contributed by atoms with Crippen molar-refractivity contribution in [2.24, 2.45) is 5.92 Å². The topological polar surface area (TPSA) is 72.4 Å². The second-order valence-corrected chi connectivity index (χ2v) is 7.09. The van der Waals surface area contributed by atoms with E-state index in [1.807, 2.05) is 0 Å². The first-order chi connectivity index (χ1) is 13.1. The number of piperidine rings is 1. The molecule has 0 spiro atoms. The number of nitrogen functional groups attached to an aromatic ring is 1. The van der Waals surface area contributed by atoms with E-state index >= 15 is 0 Å². The van der Waals surface area contributed by atoms with Crippen molar-refractivity contribution < 1.29 is 4.92 Å². The van der Waals surface area contributed by atoms with Crippen LogP contribution >= 0.6 is 0 Å². The third-order valence-corrected chi connectivity index (χ3v) is 5.09. The molecule has 5 heteroatoms. The highest BCUT2D eigenvalue weighted by Crippen LogP contribution is 2.23. The summed E-state index contributed by atoms with van der Waals surface area (Å²) in [6.45, 7) is 2.92. The van der Waals surface area contributed by atoms with Crippen LogP contribution in [0.4, 0.5) is 11.4 Å². The van der Waals surface area contributed by atoms with Crippen LogP contribution in [0.2, 0.25) is 0 Å². The minimum atomic E-state index is -0.453. The van der Waals surface area contributed by atoms with Crippen molar-refractivity contribution in [1.82, 2.24) is 4.90 Å². The maximum Gasteiger partial charge on any atom is 0.292 e. The van der Waals surface area contributed by atoms with E-state index in [2.05, 4.69) is 47.1 Å². The molecule has 1 heterocycles. The quantitative estimate of drug-likeness (QED) is 0.381. The number of likely N-dealkylation sites (tertiary alicyclic amines) is 1. The van der Waals surface area contributed by atoms with Crippen LogP contribution in [0.5, 0.6) is 0 Å². The third kappa shape index (κ3) is 5.57. The highest BCUT2D eigenvalue weighted by atomic mass is 16.6. The molecule has 0 bridgehead atoms. The summed E-state index contributed by atoms with van der Waals surface area (Å²) >= 11 is 0. The lowest BCUT2D eigenvalue weighted by atomic mass is 9.90. The molecule has 0 aliphatic carbocycles. The normalized spacial score (nSPS) is 15.1. The van der Waals surface area contributed by atoms with E-state index in [0.717, 1.165) is 37.5 Å². The van der Waals surface area contributed by atoms with Crippen molar-refractivity contribution in [3.63, 3.8) is 0 Å². The highest BCUT2D eigenvalue weighted by molar-refractivity contribution is 5.59. The molecule has 27 heavy (non-hydrogen) atoms. The number of anilines is 1. The number of hydrogen-bond acceptors (Lipinski definition) is 4. The molecule has 1 fully saturated rings. The molecule has 0 unspecified atom stereocenters. The van der Waals surface area contributed by atoms with Crippen LogP contribution in [0.1, 0.15) is 24.0 Å². The van der Waals surface area contributed by atoms with Crippen LogP contribution in [-0.2, 0) is 12.8 Å². The van der Waals surface area contributed by atoms with Crippen molar-refractivity contribution in [3.05, 3.63) is 69.8 Å². The Morgan fingerprint density at radius 2 is 1.81 bits per heavy atom. The van der Waals surface area contributed by atoms with Crippen molar-refractivity contribution in [3.8, 4) is 11.8 Å². The van der Waals surface area contributed by atoms with E-state index in [0.29, 0.717) is 6.42 Å². The van der Waals surface area contributed by atoms with Gasteiger partial charge in [0.1, 0.15) is 5.69 Å². The van der Waals surface area contributed by atoms with Crippen molar-refractivity contribution in [1.29, 1.82) is 0 Å². The van der Waals surface area contributed by atoms with Crippen LogP contribution in [0.15, 0.2) is 48.5 Å². The van der Waals surface area contributed by atoms with Gasteiger partial charge in [-0.15, -0.1) is 0 Å². The minimum absolute atomic E-state index is 0.0465. The average molecular weight is 363 g/mol. The van der Waals surface area contributed by atoms with E-state index in [1.165, 1.54) is 24.5 Å². The Kier molecular flexibility index (Phi) is 6.45. The van der Waals surface area contributed by atoms with Gasteiger partial charge in [-0.05, 0) is 55.5 Å². The second kappa shape index (κ2) is 9.20. The second-order valence-electron chi connectivity index (χ2n) is 7.09. The number of hydrogen-bond donors (Lipinski definition) is 1. The molecule has 0 aromatic heterocycles. The smallest absolute Gasteiger partial charge is 0.292 e. The van der Waals surface area contributed by atoms with Gasteiger partial charge < -0.3 is 5.73 Å². The number of nitrogens with zero attached hydrogens (tertiary/aromatic N) is 2. The summed E-state index contributed by atoms with van der Waals surface area (Å²) in [6.07, 6.45) is 4.09. The number of nitro benzene ring substituents is 1. The summed E-state index contributed by atoms with van der Waals surface area (Å²) in [6, 6.07) is 15.6. The third-order valence-electron chi connectivity index (χ3n) is 5.09. The van der Waals surface area contributed by atoms with Crippen LogP contribution in [0, 0.1) is 27.9 Å². The first kappa shape index (κ1) is 18.9. The fourth-order valence-electron chi connectivity index (χ4n) is 3.49. The average Bonchev–Trinajstić information content (AvgIpc) is 2.68. The molecule has 3 rings (SSSR count). The van der Waals surface area contributed by atoms with Gasteiger partial charge in [0, 0.05) is 12.5 Å². The summed E-state index contributed by atoms with van der Waals surface area (Å²) in [5, 5.41) is 10.9. The van der Waals surface area contributed by atoms with Crippen LogP contribution in [0.25, 0.3) is 0 Å². The molecule has 0 atom stereocenters. The van der Waals surface area contributed by atoms with E-state index < -0.39 is 4.92 Å². The van der Waals surface area contributed by atoms with Crippen LogP contribution in [-0.4, -0.2) is 29.5 Å². The van der Waals surface area contributed by atoms with Gasteiger partial charge in [-0.25, -0.2) is 0 Å². The van der Waals surface area contributed by atoms with Crippen molar-refractivity contribution in [2.45, 2.75) is 25.7 Å². The Morgan fingerprint density at radius 3 is 2.52 bits per heavy atom. The SMILES string of the molecule is Nc1ccc(CC#CCN2CCC(Cc3ccccc3)CC2)cc1[N+](=O)[O-]. The maximum absolute atomic E-state index is 10.9. The van der Waals surface area contributed by atoms with Gasteiger partial charge in [0.2, 0.25) is 0 Å². The summed E-state index contributed by atoms with van der Waals surface area (Å²) in [5.41, 5.74) is 8.01. The van der Waals surface area contributed by atoms with E-state index in [-0.39, 0.29) is 11.4 Å². The molecule has 1 saturated heterocycles. The largest absolute Gasteiger partial charge is 0.393 e. The fraction of sp³-hybridized carbons (Fsp3) is 0.364. The lowest BCUT2D eigenvalue weighted by molar-refractivity contribution is -0.383. The van der Waals surface area contributed by atoms with Crippen LogP contribution in [0.3, 0.4) is 0 Å². The van der Waals surface area contributed by atoms with Gasteiger partial charge in [-0.1, -0.05) is 48.2 Å². The fourth-order valence-corrected chi connectivity index (χ4v) is 3.49. The molecular weight excluding hydrogens is 338 g/mol. The molecule has 0 amide bonds. The lowest BCUT2D eigenvalue weighted by Crippen LogP contribution is -2.34. The van der Waals surface area contributed by atoms with Crippen molar-refractivity contribution >= 4 is 11.4 Å². The first-order valence-electron chi connectivity index (χ1n) is 9.36. The summed E-state index contributed by atoms with van der Waals surface area (Å²) in [4.78, 5) is 12.9. The Morgan fingerprint density at radius 1 is 1.07 bits per heavy atom. The van der Waals surface area contributed by atoms with Gasteiger partial charge in [-0.2, -0.15) is 0 Å². The molecule has 140 valence electrons. The van der Waals surface area contributed by atoms with Crippen LogP contribution < -0.4 is 5.73 Å². The van der Waals surface area contributed by atoms with E-state index in [4.69, 9.17) is 5.73 Å². The Labute approximate surface area is 160 Å². The van der Waals surface area contributed by atoms with E-state index in [1.54, 1.807) is 12.1 Å². The van der Waals surface area contributed by atoms with Gasteiger partial charge in [0.15, 0.2) is 0 Å². The molecular formula is C22H25N3O2. The molecule has 1 aliphatic heterocycles. The summed E-state index contributed by atoms with van der Waals surface area (Å²) < 4.78 is 0. The predicted octanol–water partition coefficient (Wildman–Crippen LogP) is 3.68. The Bertz CT molecular complexity index is 832. The summed E-state index contributed by atoms with van der Waals surface area (Å²) in [7, 11) is 0. The van der Waals surface area contributed by atoms with Gasteiger partial charge in [0.25, 0.3) is 5.69 Å². The highest BCUT2D eigenvalue weighted by Gasteiger charge is 2.18. The Balaban J connectivity index is 1.43. The number of nitro groups is 1. The number of benzene rings is 2. The lowest BCUT2D eigenvalue weighted by Gasteiger charge is -2.30. The minimum Gasteiger partial charge on any atom is -0.393 e.